The molecule has 132 valence electrons. The highest BCUT2D eigenvalue weighted by Gasteiger charge is 2.52. The fourth-order valence-corrected chi connectivity index (χ4v) is 2.79. The predicted octanol–water partition coefficient (Wildman–Crippen LogP) is 3.31. The van der Waals surface area contributed by atoms with Crippen molar-refractivity contribution in [2.24, 2.45) is 0 Å². The summed E-state index contributed by atoms with van der Waals surface area (Å²) in [7, 11) is 1.59. The van der Waals surface area contributed by atoms with Gasteiger partial charge in [0.2, 0.25) is 0 Å². The fourth-order valence-electron chi connectivity index (χ4n) is 2.79. The Balaban J connectivity index is 1.83. The zero-order chi connectivity index (χ0) is 18.1. The summed E-state index contributed by atoms with van der Waals surface area (Å²) in [5, 5.41) is 10.2. The molecule has 1 aromatic heterocycles. The van der Waals surface area contributed by atoms with Gasteiger partial charge in [-0.2, -0.15) is 5.10 Å². The molecule has 2 aromatic rings. The van der Waals surface area contributed by atoms with Gasteiger partial charge in [-0.25, -0.2) is 0 Å². The maximum atomic E-state index is 6.19. The van der Waals surface area contributed by atoms with Crippen molar-refractivity contribution in [2.75, 3.05) is 13.6 Å². The van der Waals surface area contributed by atoms with Crippen LogP contribution in [0.3, 0.4) is 0 Å². The average Bonchev–Trinajstić information content (AvgIpc) is 3.14. The quantitative estimate of drug-likeness (QED) is 0.821. The molecule has 0 atom stereocenters. The van der Waals surface area contributed by atoms with Gasteiger partial charge < -0.3 is 14.6 Å². The molecule has 2 N–H and O–H groups in total. The minimum absolute atomic E-state index is 0.338. The first-order valence-electron chi connectivity index (χ1n) is 8.63. The van der Waals surface area contributed by atoms with Crippen molar-refractivity contribution >= 4 is 13.2 Å². The lowest BCUT2D eigenvalue weighted by molar-refractivity contribution is 0.00578. The van der Waals surface area contributed by atoms with Gasteiger partial charge in [0.25, 0.3) is 0 Å². The van der Waals surface area contributed by atoms with Crippen LogP contribution < -0.4 is 5.32 Å². The molecule has 0 amide bonds. The normalized spacial score (nSPS) is 19.4. The van der Waals surface area contributed by atoms with Crippen LogP contribution in [0, 0.1) is 0 Å². The van der Waals surface area contributed by atoms with Crippen LogP contribution in [0.2, 0.25) is 0 Å². The van der Waals surface area contributed by atoms with Gasteiger partial charge in [0, 0.05) is 12.7 Å². The van der Waals surface area contributed by atoms with E-state index in [1.54, 1.807) is 6.20 Å². The van der Waals surface area contributed by atoms with E-state index in [4.69, 9.17) is 9.31 Å². The molecule has 0 spiro atoms. The van der Waals surface area contributed by atoms with Gasteiger partial charge in [-0.05, 0) is 57.4 Å². The third-order valence-corrected chi connectivity index (χ3v) is 5.01. The maximum Gasteiger partial charge on any atom is 0.491 e. The lowest BCUT2D eigenvalue weighted by atomic mass is 9.77. The molecule has 6 heteroatoms. The third-order valence-electron chi connectivity index (χ3n) is 5.01. The second-order valence-corrected chi connectivity index (χ2v) is 7.43. The van der Waals surface area contributed by atoms with E-state index in [9.17, 15) is 0 Å². The van der Waals surface area contributed by atoms with E-state index in [0.29, 0.717) is 6.54 Å². The summed E-state index contributed by atoms with van der Waals surface area (Å²) in [5.41, 5.74) is 3.64. The number of benzene rings is 1. The molecule has 0 aliphatic carbocycles. The van der Waals surface area contributed by atoms with Crippen molar-refractivity contribution < 1.29 is 9.31 Å². The summed E-state index contributed by atoms with van der Waals surface area (Å²) in [6, 6.07) is 10.3. The Bertz CT molecular complexity index is 721. The Morgan fingerprint density at radius 3 is 2.28 bits per heavy atom. The summed E-state index contributed by atoms with van der Waals surface area (Å²) < 4.78 is 12.4. The molecule has 25 heavy (non-hydrogen) atoms. The van der Waals surface area contributed by atoms with Crippen LogP contribution in [-0.4, -0.2) is 42.1 Å². The molecular formula is C19H26BN3O2. The van der Waals surface area contributed by atoms with Gasteiger partial charge in [-0.1, -0.05) is 30.3 Å². The number of hydrogen-bond donors (Lipinski definition) is 2. The van der Waals surface area contributed by atoms with E-state index in [0.717, 1.165) is 22.3 Å². The molecule has 1 aliphatic rings. The van der Waals surface area contributed by atoms with Gasteiger partial charge in [-0.15, -0.1) is 0 Å². The minimum Gasteiger partial charge on any atom is -0.400 e. The summed E-state index contributed by atoms with van der Waals surface area (Å²) in [6.45, 7) is 9.00. The highest BCUT2D eigenvalue weighted by molar-refractivity contribution is 6.55. The summed E-state index contributed by atoms with van der Waals surface area (Å²) in [5.74, 6) is 0. The van der Waals surface area contributed by atoms with Crippen molar-refractivity contribution in [3.05, 3.63) is 47.6 Å². The van der Waals surface area contributed by atoms with Crippen LogP contribution in [0.15, 0.2) is 42.0 Å². The monoisotopic (exact) mass is 339 g/mol. The second kappa shape index (κ2) is 6.79. The largest absolute Gasteiger partial charge is 0.491 e. The Morgan fingerprint density at radius 1 is 1.12 bits per heavy atom. The molecule has 1 aromatic carbocycles. The first-order valence-corrected chi connectivity index (χ1v) is 8.63. The average molecular weight is 339 g/mol. The van der Waals surface area contributed by atoms with Crippen molar-refractivity contribution in [2.45, 2.75) is 38.9 Å². The highest BCUT2D eigenvalue weighted by Crippen LogP contribution is 2.38. The number of rotatable bonds is 5. The third kappa shape index (κ3) is 3.71. The number of nitrogens with one attached hydrogen (secondary N) is 2. The van der Waals surface area contributed by atoms with Crippen LogP contribution in [0.25, 0.3) is 17.3 Å². The van der Waals surface area contributed by atoms with Gasteiger partial charge in [-0.3, -0.25) is 5.10 Å². The van der Waals surface area contributed by atoms with Crippen LogP contribution in [0.4, 0.5) is 0 Å². The summed E-state index contributed by atoms with van der Waals surface area (Å²) in [4.78, 5) is 0. The van der Waals surface area contributed by atoms with E-state index >= 15 is 0 Å². The smallest absolute Gasteiger partial charge is 0.400 e. The highest BCUT2D eigenvalue weighted by atomic mass is 16.7. The number of H-pyrrole nitrogens is 1. The predicted molar refractivity (Wildman–Crippen MR) is 102 cm³/mol. The molecule has 0 bridgehead atoms. The first-order chi connectivity index (χ1) is 11.8. The maximum absolute atomic E-state index is 6.19. The molecule has 3 rings (SSSR count). The molecule has 5 nitrogen and oxygen atoms in total. The fraction of sp³-hybridized carbons (Fsp3) is 0.421. The second-order valence-electron chi connectivity index (χ2n) is 7.43. The van der Waals surface area contributed by atoms with E-state index in [1.807, 2.05) is 13.1 Å². The Kier molecular flexibility index (Phi) is 4.87. The number of aromatic amines is 1. The van der Waals surface area contributed by atoms with Crippen molar-refractivity contribution in [1.29, 1.82) is 0 Å². The molecule has 1 saturated heterocycles. The molecular weight excluding hydrogens is 313 g/mol. The van der Waals surface area contributed by atoms with Gasteiger partial charge in [0.05, 0.1) is 16.9 Å². The van der Waals surface area contributed by atoms with Gasteiger partial charge >= 0.3 is 7.12 Å². The molecule has 0 radical (unpaired) electrons. The Hall–Kier alpha value is -1.89. The van der Waals surface area contributed by atoms with Gasteiger partial charge in [0.15, 0.2) is 0 Å². The molecule has 0 saturated carbocycles. The minimum atomic E-state index is -0.343. The number of nitrogens with zero attached hydrogens (tertiary/aromatic N) is 1. The summed E-state index contributed by atoms with van der Waals surface area (Å²) >= 11 is 0. The molecule has 1 aliphatic heterocycles. The van der Waals surface area contributed by atoms with E-state index < -0.39 is 0 Å². The number of aromatic nitrogens is 2. The SMILES string of the molecule is CNCC(=Cc1ccc(-c2ccn[nH]2)cc1)B1OC(C)(C)C(C)(C)O1. The Labute approximate surface area is 150 Å². The summed E-state index contributed by atoms with van der Waals surface area (Å²) in [6.07, 6.45) is 3.89. The Morgan fingerprint density at radius 2 is 1.76 bits per heavy atom. The van der Waals surface area contributed by atoms with E-state index in [2.05, 4.69) is 73.6 Å². The number of hydrogen-bond acceptors (Lipinski definition) is 4. The zero-order valence-corrected chi connectivity index (χ0v) is 15.6. The van der Waals surface area contributed by atoms with E-state index in [1.165, 1.54) is 0 Å². The first kappa shape index (κ1) is 17.9. The van der Waals surface area contributed by atoms with Gasteiger partial charge in [0.1, 0.15) is 0 Å². The van der Waals surface area contributed by atoms with Crippen molar-refractivity contribution in [3.8, 4) is 11.3 Å². The molecule has 2 heterocycles. The van der Waals surface area contributed by atoms with Crippen LogP contribution in [-0.2, 0) is 9.31 Å². The lowest BCUT2D eigenvalue weighted by Gasteiger charge is -2.32. The van der Waals surface area contributed by atoms with E-state index in [-0.39, 0.29) is 18.3 Å². The molecule has 0 unspecified atom stereocenters. The van der Waals surface area contributed by atoms with Crippen molar-refractivity contribution in [1.82, 2.24) is 15.5 Å². The van der Waals surface area contributed by atoms with Crippen LogP contribution in [0.5, 0.6) is 0 Å². The van der Waals surface area contributed by atoms with Crippen LogP contribution in [0.1, 0.15) is 33.3 Å². The number of likely N-dealkylation sites (N-methyl/N-ethyl adjacent to an activating group) is 1. The molecule has 1 fully saturated rings. The van der Waals surface area contributed by atoms with Crippen molar-refractivity contribution in [3.63, 3.8) is 0 Å². The van der Waals surface area contributed by atoms with Crippen LogP contribution >= 0.6 is 0 Å². The standard InChI is InChI=1S/C19H26BN3O2/c1-18(2)19(3,4)25-20(24-18)16(13-21-5)12-14-6-8-15(9-7-14)17-10-11-22-23-17/h6-12,21H,13H2,1-5H3,(H,22,23). The lowest BCUT2D eigenvalue weighted by Crippen LogP contribution is -2.41. The topological polar surface area (TPSA) is 59.2 Å². The zero-order valence-electron chi connectivity index (χ0n) is 15.6.